The number of aromatic nitrogens is 2. The van der Waals surface area contributed by atoms with Gasteiger partial charge in [-0.3, -0.25) is 9.69 Å². The fraction of sp³-hybridized carbons (Fsp3) is 0.348. The van der Waals surface area contributed by atoms with Crippen molar-refractivity contribution < 1.29 is 13.7 Å². The van der Waals surface area contributed by atoms with E-state index in [0.29, 0.717) is 29.7 Å². The number of hydrogen-bond acceptors (Lipinski definition) is 5. The minimum absolute atomic E-state index is 0.0178. The molecule has 2 atom stereocenters. The van der Waals surface area contributed by atoms with Crippen LogP contribution in [0.1, 0.15) is 37.3 Å². The Morgan fingerprint density at radius 3 is 2.77 bits per heavy atom. The van der Waals surface area contributed by atoms with Gasteiger partial charge in [-0.15, -0.1) is 0 Å². The lowest BCUT2D eigenvalue weighted by Gasteiger charge is -2.24. The molecule has 2 aromatic carbocycles. The summed E-state index contributed by atoms with van der Waals surface area (Å²) in [4.78, 5) is 19.1. The number of carbonyl (C=O) groups is 1. The number of aryl methyl sites for hydroxylation is 1. The zero-order valence-electron chi connectivity index (χ0n) is 16.9. The van der Waals surface area contributed by atoms with Crippen LogP contribution in [0.5, 0.6) is 0 Å². The van der Waals surface area contributed by atoms with Gasteiger partial charge in [0.15, 0.2) is 0 Å². The molecule has 0 saturated carbocycles. The van der Waals surface area contributed by atoms with Gasteiger partial charge in [-0.25, -0.2) is 4.39 Å². The molecule has 0 bridgehead atoms. The van der Waals surface area contributed by atoms with Crippen LogP contribution in [0.2, 0.25) is 0 Å². The number of carbonyl (C=O) groups excluding carboxylic acids is 1. The maximum atomic E-state index is 13.0. The van der Waals surface area contributed by atoms with Crippen LogP contribution in [0.25, 0.3) is 11.4 Å². The highest BCUT2D eigenvalue weighted by atomic mass is 19.1. The summed E-state index contributed by atoms with van der Waals surface area (Å²) in [5, 5.41) is 7.03. The first-order chi connectivity index (χ1) is 14.6. The molecule has 6 nitrogen and oxygen atoms in total. The summed E-state index contributed by atoms with van der Waals surface area (Å²) in [6.45, 7) is 4.01. The van der Waals surface area contributed by atoms with Crippen LogP contribution in [0.15, 0.2) is 59.1 Å². The van der Waals surface area contributed by atoms with E-state index in [2.05, 4.69) is 51.5 Å². The van der Waals surface area contributed by atoms with Gasteiger partial charge in [0.2, 0.25) is 17.6 Å². The molecule has 1 fully saturated rings. The molecule has 0 aliphatic carbocycles. The predicted molar refractivity (Wildman–Crippen MR) is 111 cm³/mol. The summed E-state index contributed by atoms with van der Waals surface area (Å²) in [6, 6.07) is 16.8. The quantitative estimate of drug-likeness (QED) is 0.645. The van der Waals surface area contributed by atoms with E-state index in [9.17, 15) is 9.18 Å². The van der Waals surface area contributed by atoms with Gasteiger partial charge >= 0.3 is 0 Å². The number of nitrogens with one attached hydrogen (secondary N) is 1. The van der Waals surface area contributed by atoms with Crippen LogP contribution in [0.4, 0.5) is 4.39 Å². The average molecular weight is 408 g/mol. The largest absolute Gasteiger partial charge is 0.352 e. The van der Waals surface area contributed by atoms with Crippen LogP contribution in [0.3, 0.4) is 0 Å². The van der Waals surface area contributed by atoms with Crippen molar-refractivity contribution in [1.29, 1.82) is 0 Å². The number of benzene rings is 2. The number of likely N-dealkylation sites (tertiary alicyclic amines) is 1. The van der Waals surface area contributed by atoms with E-state index in [-0.39, 0.29) is 24.2 Å². The second-order valence-corrected chi connectivity index (χ2v) is 7.65. The van der Waals surface area contributed by atoms with Crippen LogP contribution in [-0.2, 0) is 11.2 Å². The fourth-order valence-electron chi connectivity index (χ4n) is 3.79. The zero-order chi connectivity index (χ0) is 20.9. The first-order valence-corrected chi connectivity index (χ1v) is 10.3. The Morgan fingerprint density at radius 1 is 1.23 bits per heavy atom. The van der Waals surface area contributed by atoms with E-state index in [1.165, 1.54) is 17.7 Å². The van der Waals surface area contributed by atoms with Crippen molar-refractivity contribution in [2.75, 3.05) is 13.1 Å². The van der Waals surface area contributed by atoms with Gasteiger partial charge in [0.1, 0.15) is 5.82 Å². The molecule has 1 amide bonds. The first-order valence-electron chi connectivity index (χ1n) is 10.3. The van der Waals surface area contributed by atoms with Crippen molar-refractivity contribution in [3.8, 4) is 11.4 Å². The third-order valence-corrected chi connectivity index (χ3v) is 5.55. The second kappa shape index (κ2) is 9.17. The summed E-state index contributed by atoms with van der Waals surface area (Å²) in [5.74, 6) is 0.459. The molecule has 1 saturated heterocycles. The summed E-state index contributed by atoms with van der Waals surface area (Å²) in [6.07, 6.45) is 1.60. The molecule has 0 radical (unpaired) electrons. The molecule has 1 N–H and O–H groups in total. The van der Waals surface area contributed by atoms with E-state index in [0.717, 1.165) is 19.5 Å². The number of halogens is 1. The Hall–Kier alpha value is -3.06. The van der Waals surface area contributed by atoms with Crippen molar-refractivity contribution in [3.63, 3.8) is 0 Å². The number of rotatable bonds is 7. The van der Waals surface area contributed by atoms with Crippen LogP contribution in [-0.4, -0.2) is 40.1 Å². The molecule has 7 heteroatoms. The maximum absolute atomic E-state index is 13.0. The predicted octanol–water partition coefficient (Wildman–Crippen LogP) is 3.76. The normalized spacial score (nSPS) is 17.7. The fourth-order valence-corrected chi connectivity index (χ4v) is 3.79. The van der Waals surface area contributed by atoms with Crippen molar-refractivity contribution in [1.82, 2.24) is 20.4 Å². The molecule has 1 aliphatic heterocycles. The Kier molecular flexibility index (Phi) is 6.18. The summed E-state index contributed by atoms with van der Waals surface area (Å²) in [5.41, 5.74) is 1.97. The molecule has 4 rings (SSSR count). The lowest BCUT2D eigenvalue weighted by Crippen LogP contribution is -2.37. The summed E-state index contributed by atoms with van der Waals surface area (Å²) < 4.78 is 18.3. The Morgan fingerprint density at radius 2 is 2.00 bits per heavy atom. The summed E-state index contributed by atoms with van der Waals surface area (Å²) >= 11 is 0. The highest BCUT2D eigenvalue weighted by Crippen LogP contribution is 2.24. The number of hydrogen-bond donors (Lipinski definition) is 1. The molecule has 2 unspecified atom stereocenters. The molecular weight excluding hydrogens is 383 g/mol. The van der Waals surface area contributed by atoms with Gasteiger partial charge in [-0.2, -0.15) is 4.98 Å². The maximum Gasteiger partial charge on any atom is 0.227 e. The molecule has 30 heavy (non-hydrogen) atoms. The van der Waals surface area contributed by atoms with Crippen molar-refractivity contribution in [2.45, 2.75) is 38.3 Å². The van der Waals surface area contributed by atoms with E-state index >= 15 is 0 Å². The minimum atomic E-state index is -0.317. The van der Waals surface area contributed by atoms with E-state index in [1.54, 1.807) is 12.1 Å². The standard InChI is InChI=1S/C23H25FN4O2/c1-16(17-5-3-2-4-6-17)28-14-13-20(15-28)25-21(29)11-12-22-26-23(27-30-22)18-7-9-19(24)10-8-18/h2-10,16,20H,11-15H2,1H3,(H,25,29). The molecule has 1 aromatic heterocycles. The average Bonchev–Trinajstić information content (AvgIpc) is 3.43. The third kappa shape index (κ3) is 4.91. The summed E-state index contributed by atoms with van der Waals surface area (Å²) in [7, 11) is 0. The lowest BCUT2D eigenvalue weighted by atomic mass is 10.1. The van der Waals surface area contributed by atoms with Crippen molar-refractivity contribution in [3.05, 3.63) is 71.9 Å². The highest BCUT2D eigenvalue weighted by molar-refractivity contribution is 5.76. The Labute approximate surface area is 175 Å². The van der Waals surface area contributed by atoms with Crippen LogP contribution < -0.4 is 5.32 Å². The van der Waals surface area contributed by atoms with Gasteiger partial charge in [0, 0.05) is 43.6 Å². The van der Waals surface area contributed by atoms with Gasteiger partial charge in [-0.05, 0) is 43.2 Å². The zero-order valence-corrected chi connectivity index (χ0v) is 16.9. The van der Waals surface area contributed by atoms with E-state index < -0.39 is 0 Å². The molecule has 0 spiro atoms. The molecule has 156 valence electrons. The van der Waals surface area contributed by atoms with E-state index in [1.807, 2.05) is 6.07 Å². The minimum Gasteiger partial charge on any atom is -0.352 e. The van der Waals surface area contributed by atoms with Crippen LogP contribution in [0, 0.1) is 5.82 Å². The van der Waals surface area contributed by atoms with Crippen LogP contribution >= 0.6 is 0 Å². The lowest BCUT2D eigenvalue weighted by molar-refractivity contribution is -0.121. The Balaban J connectivity index is 1.24. The topological polar surface area (TPSA) is 71.3 Å². The van der Waals surface area contributed by atoms with Crippen molar-refractivity contribution >= 4 is 5.91 Å². The van der Waals surface area contributed by atoms with Gasteiger partial charge in [0.25, 0.3) is 0 Å². The highest BCUT2D eigenvalue weighted by Gasteiger charge is 2.27. The SMILES string of the molecule is CC(c1ccccc1)N1CCC(NC(=O)CCc2nc(-c3ccc(F)cc3)no2)C1. The smallest absolute Gasteiger partial charge is 0.227 e. The number of nitrogens with zero attached hydrogens (tertiary/aromatic N) is 3. The Bertz CT molecular complexity index is 974. The second-order valence-electron chi connectivity index (χ2n) is 7.65. The van der Waals surface area contributed by atoms with E-state index in [4.69, 9.17) is 4.52 Å². The number of amides is 1. The van der Waals surface area contributed by atoms with Crippen molar-refractivity contribution in [2.24, 2.45) is 0 Å². The van der Waals surface area contributed by atoms with Gasteiger partial charge in [0.05, 0.1) is 0 Å². The third-order valence-electron chi connectivity index (χ3n) is 5.55. The van der Waals surface area contributed by atoms with Gasteiger partial charge < -0.3 is 9.84 Å². The molecule has 2 heterocycles. The molecule has 3 aromatic rings. The monoisotopic (exact) mass is 408 g/mol. The first kappa shape index (κ1) is 20.2. The molecular formula is C23H25FN4O2. The van der Waals surface area contributed by atoms with Gasteiger partial charge in [-0.1, -0.05) is 35.5 Å². The molecule has 1 aliphatic rings.